The largest absolute Gasteiger partial charge is 0.352 e. The summed E-state index contributed by atoms with van der Waals surface area (Å²) < 4.78 is 0. The topological polar surface area (TPSA) is 56.1 Å². The van der Waals surface area contributed by atoms with Gasteiger partial charge >= 0.3 is 0 Å². The number of hydrogen-bond donors (Lipinski definition) is 1. The fourth-order valence-corrected chi connectivity index (χ4v) is 2.39. The maximum absolute atomic E-state index is 11.0. The Kier molecular flexibility index (Phi) is 3.96. The third-order valence-corrected chi connectivity index (χ3v) is 3.21. The van der Waals surface area contributed by atoms with E-state index in [1.54, 1.807) is 6.92 Å². The molecule has 0 spiro atoms. The first-order valence-electron chi connectivity index (χ1n) is 6.16. The van der Waals surface area contributed by atoms with Gasteiger partial charge in [0, 0.05) is 32.6 Å². The minimum Gasteiger partial charge on any atom is -0.352 e. The summed E-state index contributed by atoms with van der Waals surface area (Å²) in [6.45, 7) is 4.15. The summed E-state index contributed by atoms with van der Waals surface area (Å²) >= 11 is 0. The normalized spacial score (nSPS) is 19.4. The summed E-state index contributed by atoms with van der Waals surface area (Å²) in [6.07, 6.45) is 0.980. The predicted octanol–water partition coefficient (Wildman–Crippen LogP) is 1.27. The maximum atomic E-state index is 11.0. The van der Waals surface area contributed by atoms with Crippen molar-refractivity contribution in [3.63, 3.8) is 0 Å². The summed E-state index contributed by atoms with van der Waals surface area (Å²) in [5.74, 6) is 0.0271. The second-order valence-electron chi connectivity index (χ2n) is 4.69. The molecule has 2 rings (SSSR count). The van der Waals surface area contributed by atoms with Crippen LogP contribution in [0.5, 0.6) is 0 Å². The molecule has 0 aliphatic carbocycles. The van der Waals surface area contributed by atoms with Crippen LogP contribution in [-0.4, -0.2) is 29.9 Å². The zero-order valence-electron chi connectivity index (χ0n) is 10.5. The smallest absolute Gasteiger partial charge is 0.217 e. The van der Waals surface area contributed by atoms with Crippen LogP contribution in [-0.2, 0) is 11.3 Å². The summed E-state index contributed by atoms with van der Waals surface area (Å²) in [5, 5.41) is 12.0. The standard InChI is InChI=1S/C14H17N3O/c1-11(18)16-14-6-7-17(10-14)9-13-5-3-2-4-12(13)8-15/h2-5,14H,6-7,9-10H2,1H3,(H,16,18). The van der Waals surface area contributed by atoms with Gasteiger partial charge < -0.3 is 5.32 Å². The van der Waals surface area contributed by atoms with E-state index < -0.39 is 0 Å². The fourth-order valence-electron chi connectivity index (χ4n) is 2.39. The van der Waals surface area contributed by atoms with Gasteiger partial charge in [-0.3, -0.25) is 9.69 Å². The molecule has 0 saturated carbocycles. The van der Waals surface area contributed by atoms with Gasteiger partial charge in [0.2, 0.25) is 5.91 Å². The van der Waals surface area contributed by atoms with Gasteiger partial charge in [-0.2, -0.15) is 5.26 Å². The van der Waals surface area contributed by atoms with Crippen molar-refractivity contribution in [2.24, 2.45) is 0 Å². The Morgan fingerprint density at radius 3 is 3.06 bits per heavy atom. The summed E-state index contributed by atoms with van der Waals surface area (Å²) in [6, 6.07) is 10.1. The highest BCUT2D eigenvalue weighted by Crippen LogP contribution is 2.16. The molecule has 18 heavy (non-hydrogen) atoms. The highest BCUT2D eigenvalue weighted by molar-refractivity contribution is 5.73. The third kappa shape index (κ3) is 3.08. The Labute approximate surface area is 107 Å². The number of benzene rings is 1. The number of nitrogens with zero attached hydrogens (tertiary/aromatic N) is 2. The van der Waals surface area contributed by atoms with Crippen LogP contribution in [0.3, 0.4) is 0 Å². The molecule has 1 saturated heterocycles. The number of carbonyl (C=O) groups is 1. The van der Waals surface area contributed by atoms with Gasteiger partial charge in [0.05, 0.1) is 11.6 Å². The zero-order chi connectivity index (χ0) is 13.0. The molecule has 1 N–H and O–H groups in total. The fraction of sp³-hybridized carbons (Fsp3) is 0.429. The monoisotopic (exact) mass is 243 g/mol. The molecule has 0 aromatic heterocycles. The van der Waals surface area contributed by atoms with E-state index >= 15 is 0 Å². The van der Waals surface area contributed by atoms with Crippen LogP contribution in [0.1, 0.15) is 24.5 Å². The lowest BCUT2D eigenvalue weighted by molar-refractivity contribution is -0.119. The summed E-state index contributed by atoms with van der Waals surface area (Å²) in [7, 11) is 0. The molecule has 1 aliphatic heterocycles. The van der Waals surface area contributed by atoms with Crippen molar-refractivity contribution in [3.8, 4) is 6.07 Å². The SMILES string of the molecule is CC(=O)NC1CCN(Cc2ccccc2C#N)C1. The highest BCUT2D eigenvalue weighted by Gasteiger charge is 2.23. The Hall–Kier alpha value is -1.86. The van der Waals surface area contributed by atoms with E-state index in [1.807, 2.05) is 24.3 Å². The molecule has 1 aliphatic rings. The highest BCUT2D eigenvalue weighted by atomic mass is 16.1. The molecule has 1 atom stereocenters. The Bertz CT molecular complexity index is 478. The Morgan fingerprint density at radius 1 is 1.56 bits per heavy atom. The van der Waals surface area contributed by atoms with Gasteiger partial charge in [-0.15, -0.1) is 0 Å². The Balaban J connectivity index is 1.95. The van der Waals surface area contributed by atoms with Gasteiger partial charge in [0.25, 0.3) is 0 Å². The molecule has 4 heteroatoms. The Morgan fingerprint density at radius 2 is 2.33 bits per heavy atom. The van der Waals surface area contributed by atoms with Gasteiger partial charge in [-0.1, -0.05) is 18.2 Å². The average molecular weight is 243 g/mol. The third-order valence-electron chi connectivity index (χ3n) is 3.21. The zero-order valence-corrected chi connectivity index (χ0v) is 10.5. The molecule has 1 fully saturated rings. The first-order valence-corrected chi connectivity index (χ1v) is 6.16. The number of likely N-dealkylation sites (tertiary alicyclic amines) is 1. The minimum atomic E-state index is 0.0271. The van der Waals surface area contributed by atoms with Crippen molar-refractivity contribution in [1.82, 2.24) is 10.2 Å². The molecule has 94 valence electrons. The van der Waals surface area contributed by atoms with Crippen LogP contribution in [0.4, 0.5) is 0 Å². The van der Waals surface area contributed by atoms with Gasteiger partial charge in [0.15, 0.2) is 0 Å². The number of carbonyl (C=O) groups excluding carboxylic acids is 1. The summed E-state index contributed by atoms with van der Waals surface area (Å²) in [5.41, 5.74) is 1.80. The molecule has 0 bridgehead atoms. The van der Waals surface area contributed by atoms with E-state index in [9.17, 15) is 4.79 Å². The lowest BCUT2D eigenvalue weighted by Crippen LogP contribution is -2.35. The van der Waals surface area contributed by atoms with Crippen molar-refractivity contribution in [2.45, 2.75) is 25.9 Å². The van der Waals surface area contributed by atoms with Gasteiger partial charge in [-0.05, 0) is 18.1 Å². The van der Waals surface area contributed by atoms with Crippen molar-refractivity contribution >= 4 is 5.91 Å². The van der Waals surface area contributed by atoms with E-state index in [0.717, 1.165) is 37.2 Å². The van der Waals surface area contributed by atoms with E-state index in [4.69, 9.17) is 5.26 Å². The minimum absolute atomic E-state index is 0.0271. The van der Waals surface area contributed by atoms with Gasteiger partial charge in [-0.25, -0.2) is 0 Å². The first kappa shape index (κ1) is 12.6. The molecule has 1 aromatic rings. The molecular formula is C14H17N3O. The van der Waals surface area contributed by atoms with Crippen LogP contribution in [0.25, 0.3) is 0 Å². The van der Waals surface area contributed by atoms with Gasteiger partial charge in [0.1, 0.15) is 0 Å². The van der Waals surface area contributed by atoms with Crippen molar-refractivity contribution in [2.75, 3.05) is 13.1 Å². The second kappa shape index (κ2) is 5.65. The number of hydrogen-bond acceptors (Lipinski definition) is 3. The van der Waals surface area contributed by atoms with Crippen LogP contribution in [0.2, 0.25) is 0 Å². The van der Waals surface area contributed by atoms with Crippen molar-refractivity contribution in [3.05, 3.63) is 35.4 Å². The molecular weight excluding hydrogens is 226 g/mol. The molecule has 1 unspecified atom stereocenters. The molecule has 0 radical (unpaired) electrons. The maximum Gasteiger partial charge on any atom is 0.217 e. The van der Waals surface area contributed by atoms with E-state index in [2.05, 4.69) is 16.3 Å². The van der Waals surface area contributed by atoms with Crippen LogP contribution in [0.15, 0.2) is 24.3 Å². The molecule has 1 amide bonds. The quantitative estimate of drug-likeness (QED) is 0.869. The van der Waals surface area contributed by atoms with E-state index in [0.29, 0.717) is 0 Å². The number of rotatable bonds is 3. The van der Waals surface area contributed by atoms with Crippen molar-refractivity contribution < 1.29 is 4.79 Å². The molecule has 1 aromatic carbocycles. The van der Waals surface area contributed by atoms with E-state index in [1.165, 1.54) is 0 Å². The lowest BCUT2D eigenvalue weighted by Gasteiger charge is -2.17. The number of amides is 1. The lowest BCUT2D eigenvalue weighted by atomic mass is 10.1. The molecule has 4 nitrogen and oxygen atoms in total. The molecule has 1 heterocycles. The van der Waals surface area contributed by atoms with Crippen LogP contribution < -0.4 is 5.32 Å². The second-order valence-corrected chi connectivity index (χ2v) is 4.69. The average Bonchev–Trinajstić information content (AvgIpc) is 2.76. The van der Waals surface area contributed by atoms with Crippen LogP contribution >= 0.6 is 0 Å². The predicted molar refractivity (Wildman–Crippen MR) is 68.7 cm³/mol. The van der Waals surface area contributed by atoms with E-state index in [-0.39, 0.29) is 11.9 Å². The number of nitriles is 1. The summed E-state index contributed by atoms with van der Waals surface area (Å²) in [4.78, 5) is 13.3. The van der Waals surface area contributed by atoms with Crippen LogP contribution in [0, 0.1) is 11.3 Å². The van der Waals surface area contributed by atoms with Crippen molar-refractivity contribution in [1.29, 1.82) is 5.26 Å². The first-order chi connectivity index (χ1) is 8.69. The number of nitrogens with one attached hydrogen (secondary N) is 1.